The van der Waals surface area contributed by atoms with Crippen LogP contribution in [-0.4, -0.2) is 6.61 Å². The van der Waals surface area contributed by atoms with Crippen LogP contribution in [0.15, 0.2) is 34.8 Å². The molecular weight excluding hydrogens is 230 g/mol. The van der Waals surface area contributed by atoms with Gasteiger partial charge in [0.2, 0.25) is 0 Å². The minimum Gasteiger partial charge on any atom is -0.304 e. The van der Waals surface area contributed by atoms with E-state index >= 15 is 0 Å². The quantitative estimate of drug-likeness (QED) is 0.650. The molecule has 0 aliphatic heterocycles. The van der Waals surface area contributed by atoms with Gasteiger partial charge in [0.05, 0.1) is 6.61 Å². The molecule has 0 atom stereocenters. The van der Waals surface area contributed by atoms with Crippen LogP contribution in [0.3, 0.4) is 0 Å². The summed E-state index contributed by atoms with van der Waals surface area (Å²) in [5.41, 5.74) is 1.18. The zero-order valence-electron chi connectivity index (χ0n) is 7.24. The lowest BCUT2D eigenvalue weighted by atomic mass is 10.2. The summed E-state index contributed by atoms with van der Waals surface area (Å²) in [6.07, 6.45) is 4.92. The molecule has 0 fully saturated rings. The summed E-state index contributed by atoms with van der Waals surface area (Å²) in [6.45, 7) is 0.563. The van der Waals surface area contributed by atoms with E-state index < -0.39 is 0 Å². The van der Waals surface area contributed by atoms with Gasteiger partial charge >= 0.3 is 0 Å². The van der Waals surface area contributed by atoms with Crippen molar-refractivity contribution in [1.29, 1.82) is 0 Å². The van der Waals surface area contributed by atoms with Gasteiger partial charge in [-0.15, -0.1) is 0 Å². The summed E-state index contributed by atoms with van der Waals surface area (Å²) in [4.78, 5) is 4.44. The number of hydrogen-bond acceptors (Lipinski definition) is 2. The molecule has 3 heteroatoms. The second kappa shape index (κ2) is 5.91. The van der Waals surface area contributed by atoms with Gasteiger partial charge in [-0.1, -0.05) is 40.2 Å². The van der Waals surface area contributed by atoms with E-state index in [4.69, 9.17) is 5.90 Å². The molecular formula is C10H12BrNO. The fraction of sp³-hybridized carbons (Fsp3) is 0.200. The van der Waals surface area contributed by atoms with Crippen LogP contribution >= 0.6 is 15.9 Å². The van der Waals surface area contributed by atoms with Crippen LogP contribution in [0, 0.1) is 0 Å². The highest BCUT2D eigenvalue weighted by Crippen LogP contribution is 2.11. The van der Waals surface area contributed by atoms with Gasteiger partial charge in [0, 0.05) is 4.47 Å². The molecule has 0 amide bonds. The van der Waals surface area contributed by atoms with Crippen molar-refractivity contribution in [3.8, 4) is 0 Å². The van der Waals surface area contributed by atoms with Crippen molar-refractivity contribution in [2.75, 3.05) is 6.61 Å². The van der Waals surface area contributed by atoms with Crippen LogP contribution in [0.4, 0.5) is 0 Å². The molecule has 0 aliphatic carbocycles. The number of rotatable bonds is 4. The van der Waals surface area contributed by atoms with Crippen molar-refractivity contribution in [2.45, 2.75) is 6.42 Å². The molecule has 0 unspecified atom stereocenters. The molecule has 0 spiro atoms. The van der Waals surface area contributed by atoms with E-state index in [1.165, 1.54) is 5.56 Å². The summed E-state index contributed by atoms with van der Waals surface area (Å²) in [7, 11) is 0. The fourth-order valence-electron chi connectivity index (χ4n) is 0.929. The molecule has 2 nitrogen and oxygen atoms in total. The standard InChI is InChI=1S/C10H12BrNO/c11-10-6-4-9(5-7-10)3-1-2-8-13-12/h1,3-7H,2,8,12H2/b3-1+. The van der Waals surface area contributed by atoms with Gasteiger partial charge in [0.1, 0.15) is 0 Å². The van der Waals surface area contributed by atoms with Crippen molar-refractivity contribution in [1.82, 2.24) is 0 Å². The molecule has 1 rings (SSSR count). The lowest BCUT2D eigenvalue weighted by Gasteiger charge is -1.94. The molecule has 0 heterocycles. The Balaban J connectivity index is 2.44. The SMILES string of the molecule is NOCC/C=C/c1ccc(Br)cc1. The van der Waals surface area contributed by atoms with Crippen LogP contribution < -0.4 is 5.90 Å². The van der Waals surface area contributed by atoms with Crippen molar-refractivity contribution < 1.29 is 4.84 Å². The Kier molecular flexibility index (Phi) is 4.75. The van der Waals surface area contributed by atoms with E-state index in [2.05, 4.69) is 20.8 Å². The lowest BCUT2D eigenvalue weighted by Crippen LogP contribution is -1.98. The van der Waals surface area contributed by atoms with Gasteiger partial charge in [-0.2, -0.15) is 0 Å². The Hall–Kier alpha value is -0.640. The molecule has 0 aromatic heterocycles. The van der Waals surface area contributed by atoms with Crippen LogP contribution in [-0.2, 0) is 4.84 Å². The van der Waals surface area contributed by atoms with E-state index in [0.717, 1.165) is 10.9 Å². The molecule has 0 bridgehead atoms. The predicted octanol–water partition coefficient (Wildman–Crippen LogP) is 2.74. The molecule has 13 heavy (non-hydrogen) atoms. The first-order valence-corrected chi connectivity index (χ1v) is 4.86. The molecule has 0 aliphatic rings. The summed E-state index contributed by atoms with van der Waals surface area (Å²) in [6, 6.07) is 8.12. The number of hydrogen-bond donors (Lipinski definition) is 1. The van der Waals surface area contributed by atoms with Crippen LogP contribution in [0.5, 0.6) is 0 Å². The highest BCUT2D eigenvalue weighted by Gasteiger charge is 1.86. The van der Waals surface area contributed by atoms with Crippen LogP contribution in [0.2, 0.25) is 0 Å². The Bertz CT molecular complexity index is 269. The van der Waals surface area contributed by atoms with E-state index in [9.17, 15) is 0 Å². The molecule has 0 radical (unpaired) electrons. The maximum absolute atomic E-state index is 4.89. The van der Waals surface area contributed by atoms with Gasteiger partial charge in [-0.25, -0.2) is 5.90 Å². The predicted molar refractivity (Wildman–Crippen MR) is 57.9 cm³/mol. The van der Waals surface area contributed by atoms with E-state index in [-0.39, 0.29) is 0 Å². The van der Waals surface area contributed by atoms with E-state index in [1.807, 2.05) is 36.4 Å². The van der Waals surface area contributed by atoms with Gasteiger partial charge in [0.25, 0.3) is 0 Å². The third-order valence-electron chi connectivity index (χ3n) is 1.58. The highest BCUT2D eigenvalue weighted by molar-refractivity contribution is 9.10. The molecule has 1 aromatic carbocycles. The minimum absolute atomic E-state index is 0.563. The van der Waals surface area contributed by atoms with E-state index in [0.29, 0.717) is 6.61 Å². The van der Waals surface area contributed by atoms with Gasteiger partial charge in [0.15, 0.2) is 0 Å². The molecule has 0 saturated carbocycles. The molecule has 70 valence electrons. The Morgan fingerprint density at radius 2 is 2.00 bits per heavy atom. The maximum atomic E-state index is 4.89. The van der Waals surface area contributed by atoms with Crippen molar-refractivity contribution in [2.24, 2.45) is 5.90 Å². The minimum atomic E-state index is 0.563. The van der Waals surface area contributed by atoms with Crippen molar-refractivity contribution in [3.63, 3.8) is 0 Å². The lowest BCUT2D eigenvalue weighted by molar-refractivity contribution is 0.143. The van der Waals surface area contributed by atoms with Crippen LogP contribution in [0.1, 0.15) is 12.0 Å². The first-order chi connectivity index (χ1) is 6.33. The first kappa shape index (κ1) is 10.4. The monoisotopic (exact) mass is 241 g/mol. The van der Waals surface area contributed by atoms with Crippen molar-refractivity contribution >= 4 is 22.0 Å². The average Bonchev–Trinajstić information content (AvgIpc) is 2.15. The Morgan fingerprint density at radius 3 is 2.62 bits per heavy atom. The summed E-state index contributed by atoms with van der Waals surface area (Å²) in [5, 5.41) is 0. The average molecular weight is 242 g/mol. The Labute approximate surface area is 86.5 Å². The van der Waals surface area contributed by atoms with Gasteiger partial charge in [-0.05, 0) is 24.1 Å². The number of benzene rings is 1. The van der Waals surface area contributed by atoms with Gasteiger partial charge < -0.3 is 4.84 Å². The smallest absolute Gasteiger partial charge is 0.0713 e. The third kappa shape index (κ3) is 4.22. The summed E-state index contributed by atoms with van der Waals surface area (Å²) in [5.74, 6) is 4.89. The summed E-state index contributed by atoms with van der Waals surface area (Å²) >= 11 is 3.38. The van der Waals surface area contributed by atoms with E-state index in [1.54, 1.807) is 0 Å². The zero-order valence-corrected chi connectivity index (χ0v) is 8.83. The third-order valence-corrected chi connectivity index (χ3v) is 2.11. The number of halogens is 1. The van der Waals surface area contributed by atoms with Crippen molar-refractivity contribution in [3.05, 3.63) is 40.4 Å². The fourth-order valence-corrected chi connectivity index (χ4v) is 1.19. The zero-order chi connectivity index (χ0) is 9.52. The Morgan fingerprint density at radius 1 is 1.31 bits per heavy atom. The number of nitrogens with two attached hydrogens (primary N) is 1. The van der Waals surface area contributed by atoms with Gasteiger partial charge in [-0.3, -0.25) is 0 Å². The molecule has 1 aromatic rings. The topological polar surface area (TPSA) is 35.2 Å². The normalized spacial score (nSPS) is 10.9. The second-order valence-electron chi connectivity index (χ2n) is 2.61. The highest BCUT2D eigenvalue weighted by atomic mass is 79.9. The maximum Gasteiger partial charge on any atom is 0.0713 e. The first-order valence-electron chi connectivity index (χ1n) is 4.06. The second-order valence-corrected chi connectivity index (χ2v) is 3.53. The van der Waals surface area contributed by atoms with Crippen LogP contribution in [0.25, 0.3) is 6.08 Å². The molecule has 2 N–H and O–H groups in total. The molecule has 0 saturated heterocycles. The largest absolute Gasteiger partial charge is 0.304 e. The summed E-state index contributed by atoms with van der Waals surface area (Å²) < 4.78 is 1.09.